The maximum Gasteiger partial charge on any atom is 0.122 e. The van der Waals surface area contributed by atoms with E-state index >= 15 is 0 Å². The Morgan fingerprint density at radius 2 is 1.94 bits per heavy atom. The van der Waals surface area contributed by atoms with E-state index in [1.165, 1.54) is 0 Å². The van der Waals surface area contributed by atoms with Gasteiger partial charge >= 0.3 is 0 Å². The van der Waals surface area contributed by atoms with Crippen LogP contribution in [-0.4, -0.2) is 40.5 Å². The Balaban J connectivity index is 2.63. The zero-order valence-corrected chi connectivity index (χ0v) is 11.7. The van der Waals surface area contributed by atoms with Crippen LogP contribution in [0.2, 0.25) is 0 Å². The SMILES string of the molecule is COCCNC(C)Cc1cc(OC)ccc1OC. The molecule has 0 radical (unpaired) electrons. The lowest BCUT2D eigenvalue weighted by molar-refractivity contribution is 0.196. The van der Waals surface area contributed by atoms with Gasteiger partial charge in [-0.25, -0.2) is 0 Å². The molecule has 1 aromatic rings. The number of nitrogens with one attached hydrogen (secondary N) is 1. The van der Waals surface area contributed by atoms with Crippen LogP contribution in [0.25, 0.3) is 0 Å². The van der Waals surface area contributed by atoms with Gasteiger partial charge < -0.3 is 19.5 Å². The van der Waals surface area contributed by atoms with Crippen molar-refractivity contribution in [3.63, 3.8) is 0 Å². The van der Waals surface area contributed by atoms with E-state index in [2.05, 4.69) is 12.2 Å². The summed E-state index contributed by atoms with van der Waals surface area (Å²) < 4.78 is 15.6. The van der Waals surface area contributed by atoms with Crippen LogP contribution in [0.4, 0.5) is 0 Å². The minimum atomic E-state index is 0.362. The minimum Gasteiger partial charge on any atom is -0.497 e. The first kappa shape index (κ1) is 14.8. The first-order valence-corrected chi connectivity index (χ1v) is 6.14. The van der Waals surface area contributed by atoms with E-state index in [1.54, 1.807) is 21.3 Å². The van der Waals surface area contributed by atoms with E-state index in [0.29, 0.717) is 6.04 Å². The summed E-state index contributed by atoms with van der Waals surface area (Å²) in [6.07, 6.45) is 0.893. The van der Waals surface area contributed by atoms with Crippen molar-refractivity contribution < 1.29 is 14.2 Å². The van der Waals surface area contributed by atoms with E-state index in [9.17, 15) is 0 Å². The Hall–Kier alpha value is -1.26. The topological polar surface area (TPSA) is 39.7 Å². The van der Waals surface area contributed by atoms with Crippen molar-refractivity contribution >= 4 is 0 Å². The van der Waals surface area contributed by atoms with Gasteiger partial charge in [-0.2, -0.15) is 0 Å². The molecule has 18 heavy (non-hydrogen) atoms. The Kier molecular flexibility index (Phi) is 6.54. The smallest absolute Gasteiger partial charge is 0.122 e. The summed E-state index contributed by atoms with van der Waals surface area (Å²) >= 11 is 0. The molecule has 0 bridgehead atoms. The third-order valence-corrected chi connectivity index (χ3v) is 2.81. The van der Waals surface area contributed by atoms with Gasteiger partial charge in [0.2, 0.25) is 0 Å². The zero-order valence-electron chi connectivity index (χ0n) is 11.7. The molecule has 1 atom stereocenters. The minimum absolute atomic E-state index is 0.362. The summed E-state index contributed by atoms with van der Waals surface area (Å²) in [5.41, 5.74) is 1.15. The van der Waals surface area contributed by atoms with Crippen LogP contribution in [0.15, 0.2) is 18.2 Å². The van der Waals surface area contributed by atoms with Gasteiger partial charge in [-0.1, -0.05) is 0 Å². The third-order valence-electron chi connectivity index (χ3n) is 2.81. The Morgan fingerprint density at radius 3 is 2.56 bits per heavy atom. The normalized spacial score (nSPS) is 12.2. The van der Waals surface area contributed by atoms with Gasteiger partial charge in [0, 0.05) is 19.7 Å². The first-order chi connectivity index (χ1) is 8.71. The second-order valence-corrected chi connectivity index (χ2v) is 4.23. The zero-order chi connectivity index (χ0) is 13.4. The van der Waals surface area contributed by atoms with Crippen LogP contribution < -0.4 is 14.8 Å². The monoisotopic (exact) mass is 253 g/mol. The van der Waals surface area contributed by atoms with Crippen molar-refractivity contribution in [2.75, 3.05) is 34.5 Å². The van der Waals surface area contributed by atoms with E-state index in [0.717, 1.165) is 36.6 Å². The highest BCUT2D eigenvalue weighted by atomic mass is 16.5. The van der Waals surface area contributed by atoms with Crippen LogP contribution in [0.1, 0.15) is 12.5 Å². The quantitative estimate of drug-likeness (QED) is 0.718. The van der Waals surface area contributed by atoms with Crippen LogP contribution in [0.5, 0.6) is 11.5 Å². The molecule has 0 aliphatic heterocycles. The molecule has 0 saturated carbocycles. The van der Waals surface area contributed by atoms with E-state index in [-0.39, 0.29) is 0 Å². The number of hydrogen-bond acceptors (Lipinski definition) is 4. The molecule has 1 aromatic carbocycles. The lowest BCUT2D eigenvalue weighted by Crippen LogP contribution is -2.31. The molecule has 0 amide bonds. The summed E-state index contributed by atoms with van der Waals surface area (Å²) in [4.78, 5) is 0. The fourth-order valence-corrected chi connectivity index (χ4v) is 1.85. The summed E-state index contributed by atoms with van der Waals surface area (Å²) in [5.74, 6) is 1.76. The maximum absolute atomic E-state index is 5.36. The molecule has 0 heterocycles. The lowest BCUT2D eigenvalue weighted by atomic mass is 10.1. The molecule has 0 aliphatic rings. The Bertz CT molecular complexity index is 355. The van der Waals surface area contributed by atoms with Gasteiger partial charge in [0.15, 0.2) is 0 Å². The summed E-state index contributed by atoms with van der Waals surface area (Å²) in [6.45, 7) is 3.72. The molecule has 0 saturated heterocycles. The highest BCUT2D eigenvalue weighted by Gasteiger charge is 2.09. The lowest BCUT2D eigenvalue weighted by Gasteiger charge is -2.16. The van der Waals surface area contributed by atoms with Crippen LogP contribution in [0.3, 0.4) is 0 Å². The number of rotatable bonds is 8. The van der Waals surface area contributed by atoms with Gasteiger partial charge in [0.1, 0.15) is 11.5 Å². The van der Waals surface area contributed by atoms with E-state index < -0.39 is 0 Å². The second kappa shape index (κ2) is 7.95. The standard InChI is InChI=1S/C14H23NO3/c1-11(15-7-8-16-2)9-12-10-13(17-3)5-6-14(12)18-4/h5-6,10-11,15H,7-9H2,1-4H3. The van der Waals surface area contributed by atoms with Crippen LogP contribution in [-0.2, 0) is 11.2 Å². The molecular weight excluding hydrogens is 230 g/mol. The van der Waals surface area contributed by atoms with E-state index in [1.807, 2.05) is 18.2 Å². The fourth-order valence-electron chi connectivity index (χ4n) is 1.85. The predicted octanol–water partition coefficient (Wildman–Crippen LogP) is 1.87. The molecule has 1 N–H and O–H groups in total. The van der Waals surface area contributed by atoms with Crippen molar-refractivity contribution in [1.29, 1.82) is 0 Å². The summed E-state index contributed by atoms with van der Waals surface area (Å²) in [7, 11) is 5.07. The predicted molar refractivity (Wildman–Crippen MR) is 72.6 cm³/mol. The van der Waals surface area contributed by atoms with Crippen molar-refractivity contribution in [2.45, 2.75) is 19.4 Å². The second-order valence-electron chi connectivity index (χ2n) is 4.23. The third kappa shape index (κ3) is 4.55. The van der Waals surface area contributed by atoms with Crippen LogP contribution in [0, 0.1) is 0 Å². The van der Waals surface area contributed by atoms with Gasteiger partial charge in [-0.15, -0.1) is 0 Å². The molecular formula is C14H23NO3. The maximum atomic E-state index is 5.36. The van der Waals surface area contributed by atoms with Crippen molar-refractivity contribution in [3.8, 4) is 11.5 Å². The average Bonchev–Trinajstić information content (AvgIpc) is 2.39. The highest BCUT2D eigenvalue weighted by Crippen LogP contribution is 2.25. The molecule has 102 valence electrons. The van der Waals surface area contributed by atoms with Gasteiger partial charge in [0.25, 0.3) is 0 Å². The van der Waals surface area contributed by atoms with Crippen molar-refractivity contribution in [3.05, 3.63) is 23.8 Å². The van der Waals surface area contributed by atoms with Crippen LogP contribution >= 0.6 is 0 Å². The molecule has 4 nitrogen and oxygen atoms in total. The summed E-state index contributed by atoms with van der Waals surface area (Å²) in [6, 6.07) is 6.23. The van der Waals surface area contributed by atoms with Gasteiger partial charge in [-0.3, -0.25) is 0 Å². The summed E-state index contributed by atoms with van der Waals surface area (Å²) in [5, 5.41) is 3.40. The molecule has 0 aromatic heterocycles. The molecule has 0 fully saturated rings. The Labute approximate surface area is 109 Å². The van der Waals surface area contributed by atoms with Gasteiger partial charge in [-0.05, 0) is 37.1 Å². The number of benzene rings is 1. The molecule has 1 unspecified atom stereocenters. The van der Waals surface area contributed by atoms with Gasteiger partial charge in [0.05, 0.1) is 20.8 Å². The van der Waals surface area contributed by atoms with Crippen molar-refractivity contribution in [2.24, 2.45) is 0 Å². The molecule has 0 aliphatic carbocycles. The first-order valence-electron chi connectivity index (χ1n) is 6.14. The number of methoxy groups -OCH3 is 3. The number of hydrogen-bond donors (Lipinski definition) is 1. The van der Waals surface area contributed by atoms with E-state index in [4.69, 9.17) is 14.2 Å². The highest BCUT2D eigenvalue weighted by molar-refractivity contribution is 5.40. The largest absolute Gasteiger partial charge is 0.497 e. The van der Waals surface area contributed by atoms with Crippen molar-refractivity contribution in [1.82, 2.24) is 5.32 Å². The average molecular weight is 253 g/mol. The molecule has 0 spiro atoms. The number of ether oxygens (including phenoxy) is 3. The Morgan fingerprint density at radius 1 is 1.17 bits per heavy atom. The molecule has 4 heteroatoms. The molecule has 1 rings (SSSR count). The fraction of sp³-hybridized carbons (Fsp3) is 0.571.